The molecule has 2 heterocycles. The lowest BCUT2D eigenvalue weighted by atomic mass is 9.85. The van der Waals surface area contributed by atoms with Gasteiger partial charge < -0.3 is 0 Å². The average molecular weight is 588 g/mol. The summed E-state index contributed by atoms with van der Waals surface area (Å²) in [5, 5.41) is 14.2. The summed E-state index contributed by atoms with van der Waals surface area (Å²) in [6.07, 6.45) is 2.60. The van der Waals surface area contributed by atoms with Gasteiger partial charge in [0.05, 0.1) is 17.2 Å². The van der Waals surface area contributed by atoms with Crippen molar-refractivity contribution in [2.75, 3.05) is 6.66 Å². The van der Waals surface area contributed by atoms with Crippen molar-refractivity contribution >= 4 is 47.3 Å². The third kappa shape index (κ3) is 4.67. The van der Waals surface area contributed by atoms with E-state index in [9.17, 15) is 10.1 Å². The monoisotopic (exact) mass is 587 g/mol. The number of allylic oxidation sites excluding steroid dienone is 1. The summed E-state index contributed by atoms with van der Waals surface area (Å²) in [7, 11) is 0.310. The van der Waals surface area contributed by atoms with Gasteiger partial charge in [0.15, 0.2) is 0 Å². The highest BCUT2D eigenvalue weighted by Crippen LogP contribution is 2.38. The first-order chi connectivity index (χ1) is 21.6. The number of hydrogen-bond acceptors (Lipinski definition) is 3. The third-order valence-corrected chi connectivity index (χ3v) is 9.50. The Balaban J connectivity index is 1.47. The van der Waals surface area contributed by atoms with Crippen molar-refractivity contribution in [2.24, 2.45) is 0 Å². The lowest BCUT2D eigenvalue weighted by Gasteiger charge is -2.17. The minimum atomic E-state index is -0.150. The van der Waals surface area contributed by atoms with Crippen LogP contribution in [0.2, 0.25) is 0 Å². The molecule has 4 nitrogen and oxygen atoms in total. The largest absolute Gasteiger partial charge is 0.268 e. The van der Waals surface area contributed by atoms with Crippen molar-refractivity contribution in [3.63, 3.8) is 0 Å². The predicted octanol–water partition coefficient (Wildman–Crippen LogP) is 8.28. The SMILES string of the molecule is CPc1c(/C=C(/C#N)C(Cc2ccccc2)c2ccccc2)nc2c3ccc(-c4ccccc4)c4c(C)ccc(c(=O)n12)c43. The third-order valence-electron chi connectivity index (χ3n) is 8.55. The Morgan fingerprint density at radius 1 is 0.864 bits per heavy atom. The molecule has 5 aromatic carbocycles. The number of benzene rings is 5. The molecule has 0 aliphatic carbocycles. The van der Waals surface area contributed by atoms with Gasteiger partial charge in [-0.3, -0.25) is 9.20 Å². The summed E-state index contributed by atoms with van der Waals surface area (Å²) in [5.74, 6) is -0.150. The van der Waals surface area contributed by atoms with Crippen LogP contribution in [-0.2, 0) is 6.42 Å². The Hall–Kier alpha value is -5.10. The van der Waals surface area contributed by atoms with E-state index in [2.05, 4.69) is 68.2 Å². The molecule has 0 bridgehead atoms. The van der Waals surface area contributed by atoms with E-state index < -0.39 is 0 Å². The van der Waals surface area contributed by atoms with Gasteiger partial charge in [-0.2, -0.15) is 5.26 Å². The van der Waals surface area contributed by atoms with Crippen LogP contribution in [0.4, 0.5) is 0 Å². The molecule has 5 heteroatoms. The number of nitriles is 1. The first-order valence-corrected chi connectivity index (χ1v) is 16.3. The number of nitrogens with zero attached hydrogens (tertiary/aromatic N) is 3. The van der Waals surface area contributed by atoms with Crippen LogP contribution in [0.5, 0.6) is 0 Å². The topological polar surface area (TPSA) is 58.2 Å². The van der Waals surface area contributed by atoms with E-state index in [1.807, 2.05) is 72.8 Å². The van der Waals surface area contributed by atoms with Crippen LogP contribution in [0.3, 0.4) is 0 Å². The molecule has 0 aliphatic heterocycles. The van der Waals surface area contributed by atoms with E-state index in [4.69, 9.17) is 4.98 Å². The normalized spacial score (nSPS) is 12.9. The average Bonchev–Trinajstić information content (AvgIpc) is 3.45. The summed E-state index contributed by atoms with van der Waals surface area (Å²) in [5.41, 5.74) is 8.30. The molecule has 2 unspecified atom stereocenters. The Morgan fingerprint density at radius 2 is 1.52 bits per heavy atom. The van der Waals surface area contributed by atoms with Crippen LogP contribution < -0.4 is 11.0 Å². The van der Waals surface area contributed by atoms with Gasteiger partial charge in [-0.15, -0.1) is 0 Å². The Labute approximate surface area is 258 Å². The van der Waals surface area contributed by atoms with Crippen molar-refractivity contribution in [2.45, 2.75) is 19.3 Å². The second kappa shape index (κ2) is 11.5. The van der Waals surface area contributed by atoms with Crippen molar-refractivity contribution in [3.8, 4) is 17.2 Å². The minimum Gasteiger partial charge on any atom is -0.268 e. The molecule has 44 heavy (non-hydrogen) atoms. The van der Waals surface area contributed by atoms with Crippen LogP contribution in [0, 0.1) is 18.3 Å². The lowest BCUT2D eigenvalue weighted by Crippen LogP contribution is -2.22. The maximum absolute atomic E-state index is 14.2. The van der Waals surface area contributed by atoms with E-state index in [1.54, 1.807) is 4.40 Å². The van der Waals surface area contributed by atoms with Gasteiger partial charge in [-0.05, 0) is 71.4 Å². The minimum absolute atomic E-state index is 0.0679. The predicted molar refractivity (Wildman–Crippen MR) is 185 cm³/mol. The maximum Gasteiger partial charge on any atom is 0.264 e. The lowest BCUT2D eigenvalue weighted by molar-refractivity contribution is 0.811. The van der Waals surface area contributed by atoms with E-state index >= 15 is 0 Å². The van der Waals surface area contributed by atoms with Gasteiger partial charge in [0.1, 0.15) is 5.65 Å². The fraction of sp³-hybridized carbons (Fsp3) is 0.103. The molecule has 7 aromatic rings. The summed E-state index contributed by atoms with van der Waals surface area (Å²) in [4.78, 5) is 19.4. The molecule has 0 saturated carbocycles. The van der Waals surface area contributed by atoms with Gasteiger partial charge >= 0.3 is 0 Å². The molecule has 0 saturated heterocycles. The zero-order chi connectivity index (χ0) is 30.2. The van der Waals surface area contributed by atoms with Gasteiger partial charge in [0.2, 0.25) is 0 Å². The Bertz CT molecular complexity index is 2270. The molecule has 0 fully saturated rings. The van der Waals surface area contributed by atoms with E-state index in [1.165, 1.54) is 0 Å². The zero-order valence-corrected chi connectivity index (χ0v) is 25.6. The quantitative estimate of drug-likeness (QED) is 0.139. The molecular formula is C39H30N3OP. The number of hydrogen-bond donors (Lipinski definition) is 0. The van der Waals surface area contributed by atoms with Crippen molar-refractivity contribution in [1.82, 2.24) is 9.38 Å². The molecule has 0 amide bonds. The Morgan fingerprint density at radius 3 is 2.20 bits per heavy atom. The molecule has 0 N–H and O–H groups in total. The first-order valence-electron chi connectivity index (χ1n) is 14.8. The molecule has 7 rings (SSSR count). The number of aromatic nitrogens is 2. The standard InChI is InChI=1S/C39H30N3OP/c1-25-18-19-32-36-31(21-20-30(35(25)36)27-14-8-4-9-15-27)37-41-34(39(44-2)42(37)38(32)43)23-29(24-40)33(28-16-10-5-11-17-28)22-26-12-6-3-7-13-26/h3-21,23,33,44H,22H2,1-2H3/b29-23-. The molecule has 0 aliphatic rings. The van der Waals surface area contributed by atoms with Crippen LogP contribution >= 0.6 is 8.58 Å². The van der Waals surface area contributed by atoms with Crippen LogP contribution in [0.25, 0.3) is 44.4 Å². The van der Waals surface area contributed by atoms with Crippen LogP contribution in [0.15, 0.2) is 126 Å². The first kappa shape index (κ1) is 27.7. The Kier molecular flexibility index (Phi) is 7.26. The molecular weight excluding hydrogens is 557 g/mol. The highest BCUT2D eigenvalue weighted by atomic mass is 31.1. The summed E-state index contributed by atoms with van der Waals surface area (Å²) in [6, 6.07) is 41.5. The zero-order valence-electron chi connectivity index (χ0n) is 24.6. The number of imidazole rings is 1. The van der Waals surface area contributed by atoms with Crippen molar-refractivity contribution < 1.29 is 0 Å². The van der Waals surface area contributed by atoms with Gasteiger partial charge in [0, 0.05) is 27.6 Å². The summed E-state index contributed by atoms with van der Waals surface area (Å²) >= 11 is 0. The molecule has 2 atom stereocenters. The fourth-order valence-electron chi connectivity index (χ4n) is 6.47. The second-order valence-corrected chi connectivity index (χ2v) is 12.1. The van der Waals surface area contributed by atoms with E-state index in [-0.39, 0.29) is 11.5 Å². The highest BCUT2D eigenvalue weighted by molar-refractivity contribution is 7.46. The van der Waals surface area contributed by atoms with Crippen molar-refractivity contribution in [1.29, 1.82) is 5.26 Å². The van der Waals surface area contributed by atoms with Gasteiger partial charge in [-0.25, -0.2) is 4.98 Å². The molecule has 2 aromatic heterocycles. The number of pyridine rings is 1. The fourth-order valence-corrected chi connectivity index (χ4v) is 7.28. The summed E-state index contributed by atoms with van der Waals surface area (Å²) < 4.78 is 1.78. The van der Waals surface area contributed by atoms with Crippen molar-refractivity contribution in [3.05, 3.63) is 154 Å². The molecule has 212 valence electrons. The van der Waals surface area contributed by atoms with Crippen LogP contribution in [-0.4, -0.2) is 16.0 Å². The number of aryl methyl sites for hydroxylation is 1. The highest BCUT2D eigenvalue weighted by Gasteiger charge is 2.23. The maximum atomic E-state index is 14.2. The molecule has 0 radical (unpaired) electrons. The second-order valence-electron chi connectivity index (χ2n) is 11.1. The van der Waals surface area contributed by atoms with E-state index in [0.717, 1.165) is 49.4 Å². The molecule has 0 spiro atoms. The van der Waals surface area contributed by atoms with Crippen LogP contribution in [0.1, 0.15) is 28.3 Å². The van der Waals surface area contributed by atoms with Gasteiger partial charge in [0.25, 0.3) is 5.56 Å². The smallest absolute Gasteiger partial charge is 0.264 e. The van der Waals surface area contributed by atoms with Gasteiger partial charge in [-0.1, -0.05) is 112 Å². The summed E-state index contributed by atoms with van der Waals surface area (Å²) in [6.45, 7) is 4.17. The number of rotatable bonds is 7. The van der Waals surface area contributed by atoms with E-state index in [0.29, 0.717) is 37.3 Å². The number of fused-ring (bicyclic) bond motifs is 2.